The molecule has 1 fully saturated rings. The highest BCUT2D eigenvalue weighted by molar-refractivity contribution is 4.97. The summed E-state index contributed by atoms with van der Waals surface area (Å²) in [5.41, 5.74) is 1.33. The highest BCUT2D eigenvalue weighted by Crippen LogP contribution is 2.23. The maximum Gasteiger partial charge on any atom is 0.0888 e. The molecule has 1 saturated heterocycles. The van der Waals surface area contributed by atoms with Crippen molar-refractivity contribution in [2.45, 2.75) is 168 Å². The SMILES string of the molecule is C=C(CCCCCN(CCCCCCCCCCCCCC)CC1CCN(C(=C)CC)C1)OCCCCCCC. The first-order chi connectivity index (χ1) is 19.6. The van der Waals surface area contributed by atoms with Crippen LogP contribution in [-0.2, 0) is 4.74 Å². The summed E-state index contributed by atoms with van der Waals surface area (Å²) in [6.07, 6.45) is 30.9. The van der Waals surface area contributed by atoms with Gasteiger partial charge in [-0.3, -0.25) is 0 Å². The largest absolute Gasteiger partial charge is 0.499 e. The van der Waals surface area contributed by atoms with Crippen LogP contribution in [0, 0.1) is 5.92 Å². The Kier molecular flexibility index (Phi) is 24.9. The fourth-order valence-electron chi connectivity index (χ4n) is 6.16. The fraction of sp³-hybridized carbons (Fsp3) is 0.892. The topological polar surface area (TPSA) is 15.7 Å². The quantitative estimate of drug-likeness (QED) is 0.0641. The molecule has 236 valence electrons. The Morgan fingerprint density at radius 3 is 1.73 bits per heavy atom. The number of nitrogens with zero attached hydrogens (tertiary/aromatic N) is 2. The second-order valence-corrected chi connectivity index (χ2v) is 12.8. The van der Waals surface area contributed by atoms with E-state index in [2.05, 4.69) is 43.7 Å². The summed E-state index contributed by atoms with van der Waals surface area (Å²) in [4.78, 5) is 5.35. The summed E-state index contributed by atoms with van der Waals surface area (Å²) in [6, 6.07) is 0. The second kappa shape index (κ2) is 26.9. The number of allylic oxidation sites excluding steroid dienone is 2. The molecule has 1 aliphatic heterocycles. The zero-order valence-electron chi connectivity index (χ0n) is 27.8. The van der Waals surface area contributed by atoms with E-state index in [1.165, 1.54) is 173 Å². The van der Waals surface area contributed by atoms with Crippen molar-refractivity contribution in [1.82, 2.24) is 9.80 Å². The molecular weight excluding hydrogens is 488 g/mol. The third-order valence-electron chi connectivity index (χ3n) is 8.97. The molecule has 3 heteroatoms. The molecule has 1 rings (SSSR count). The zero-order chi connectivity index (χ0) is 29.1. The first kappa shape index (κ1) is 37.1. The summed E-state index contributed by atoms with van der Waals surface area (Å²) in [6.45, 7) is 22.4. The molecule has 1 atom stereocenters. The molecule has 0 aromatic carbocycles. The predicted octanol–water partition coefficient (Wildman–Crippen LogP) is 11.3. The van der Waals surface area contributed by atoms with E-state index >= 15 is 0 Å². The Morgan fingerprint density at radius 1 is 0.675 bits per heavy atom. The van der Waals surface area contributed by atoms with Gasteiger partial charge in [0, 0.05) is 31.8 Å². The second-order valence-electron chi connectivity index (χ2n) is 12.8. The van der Waals surface area contributed by atoms with Gasteiger partial charge in [-0.05, 0) is 57.5 Å². The number of likely N-dealkylation sites (tertiary alicyclic amines) is 1. The third kappa shape index (κ3) is 20.8. The van der Waals surface area contributed by atoms with Gasteiger partial charge in [0.1, 0.15) is 0 Å². The first-order valence-electron chi connectivity index (χ1n) is 18.1. The summed E-state index contributed by atoms with van der Waals surface area (Å²) >= 11 is 0. The van der Waals surface area contributed by atoms with Gasteiger partial charge in [-0.15, -0.1) is 0 Å². The van der Waals surface area contributed by atoms with E-state index < -0.39 is 0 Å². The van der Waals surface area contributed by atoms with Crippen LogP contribution in [0.25, 0.3) is 0 Å². The van der Waals surface area contributed by atoms with Gasteiger partial charge in [0.15, 0.2) is 0 Å². The third-order valence-corrected chi connectivity index (χ3v) is 8.97. The fourth-order valence-corrected chi connectivity index (χ4v) is 6.16. The summed E-state index contributed by atoms with van der Waals surface area (Å²) in [5, 5.41) is 0. The number of hydrogen-bond donors (Lipinski definition) is 0. The van der Waals surface area contributed by atoms with Gasteiger partial charge in [0.05, 0.1) is 12.4 Å². The molecule has 1 aliphatic rings. The summed E-state index contributed by atoms with van der Waals surface area (Å²) in [5.74, 6) is 1.82. The van der Waals surface area contributed by atoms with Crippen LogP contribution in [0.2, 0.25) is 0 Å². The van der Waals surface area contributed by atoms with E-state index in [0.29, 0.717) is 0 Å². The molecule has 0 radical (unpaired) electrons. The molecule has 40 heavy (non-hydrogen) atoms. The Labute approximate surface area is 252 Å². The van der Waals surface area contributed by atoms with Crippen LogP contribution in [0.1, 0.15) is 168 Å². The van der Waals surface area contributed by atoms with E-state index in [1.807, 2.05) is 0 Å². The lowest BCUT2D eigenvalue weighted by molar-refractivity contribution is 0.193. The van der Waals surface area contributed by atoms with Crippen molar-refractivity contribution in [3.8, 4) is 0 Å². The number of hydrogen-bond acceptors (Lipinski definition) is 3. The molecule has 0 aromatic rings. The Balaban J connectivity index is 2.21. The molecule has 0 amide bonds. The van der Waals surface area contributed by atoms with E-state index in [9.17, 15) is 0 Å². The zero-order valence-corrected chi connectivity index (χ0v) is 27.8. The lowest BCUT2D eigenvalue weighted by atomic mass is 10.0. The van der Waals surface area contributed by atoms with Crippen LogP contribution in [0.5, 0.6) is 0 Å². The van der Waals surface area contributed by atoms with Gasteiger partial charge < -0.3 is 14.5 Å². The van der Waals surface area contributed by atoms with Crippen molar-refractivity contribution in [3.63, 3.8) is 0 Å². The first-order valence-corrected chi connectivity index (χ1v) is 18.1. The molecule has 0 aromatic heterocycles. The number of rotatable bonds is 30. The van der Waals surface area contributed by atoms with Crippen LogP contribution < -0.4 is 0 Å². The smallest absolute Gasteiger partial charge is 0.0888 e. The van der Waals surface area contributed by atoms with Crippen molar-refractivity contribution in [2.75, 3.05) is 39.3 Å². The average molecular weight is 561 g/mol. The molecular formula is C37H72N2O. The lowest BCUT2D eigenvalue weighted by Gasteiger charge is -2.26. The molecule has 0 saturated carbocycles. The van der Waals surface area contributed by atoms with Crippen molar-refractivity contribution in [1.29, 1.82) is 0 Å². The average Bonchev–Trinajstić information content (AvgIpc) is 3.43. The maximum absolute atomic E-state index is 5.89. The molecule has 0 aliphatic carbocycles. The Bertz CT molecular complexity index is 589. The number of unbranched alkanes of at least 4 members (excludes halogenated alkanes) is 17. The normalized spacial score (nSPS) is 15.3. The van der Waals surface area contributed by atoms with Crippen LogP contribution >= 0.6 is 0 Å². The monoisotopic (exact) mass is 561 g/mol. The van der Waals surface area contributed by atoms with E-state index in [-0.39, 0.29) is 0 Å². The van der Waals surface area contributed by atoms with Crippen LogP contribution in [-0.4, -0.2) is 49.1 Å². The molecule has 1 unspecified atom stereocenters. The van der Waals surface area contributed by atoms with Crippen LogP contribution in [0.15, 0.2) is 24.6 Å². The number of ether oxygens (including phenoxy) is 1. The Morgan fingerprint density at radius 2 is 1.18 bits per heavy atom. The van der Waals surface area contributed by atoms with Crippen molar-refractivity contribution >= 4 is 0 Å². The molecule has 1 heterocycles. The molecule has 0 spiro atoms. The summed E-state index contributed by atoms with van der Waals surface area (Å²) in [7, 11) is 0. The minimum absolute atomic E-state index is 0.811. The van der Waals surface area contributed by atoms with E-state index in [0.717, 1.165) is 31.1 Å². The van der Waals surface area contributed by atoms with Crippen molar-refractivity contribution in [3.05, 3.63) is 24.6 Å². The van der Waals surface area contributed by atoms with Gasteiger partial charge in [-0.1, -0.05) is 137 Å². The maximum atomic E-state index is 5.89. The van der Waals surface area contributed by atoms with Crippen LogP contribution in [0.4, 0.5) is 0 Å². The highest BCUT2D eigenvalue weighted by Gasteiger charge is 2.24. The molecule has 0 bridgehead atoms. The molecule has 3 nitrogen and oxygen atoms in total. The van der Waals surface area contributed by atoms with E-state index in [4.69, 9.17) is 4.74 Å². The van der Waals surface area contributed by atoms with Crippen molar-refractivity contribution in [2.24, 2.45) is 5.92 Å². The van der Waals surface area contributed by atoms with Gasteiger partial charge in [0.2, 0.25) is 0 Å². The van der Waals surface area contributed by atoms with Gasteiger partial charge in [-0.25, -0.2) is 0 Å². The van der Waals surface area contributed by atoms with E-state index in [1.54, 1.807) is 0 Å². The predicted molar refractivity (Wildman–Crippen MR) is 179 cm³/mol. The lowest BCUT2D eigenvalue weighted by Crippen LogP contribution is -2.33. The Hall–Kier alpha value is -0.960. The minimum Gasteiger partial charge on any atom is -0.499 e. The highest BCUT2D eigenvalue weighted by atomic mass is 16.5. The van der Waals surface area contributed by atoms with Gasteiger partial charge in [-0.2, -0.15) is 0 Å². The van der Waals surface area contributed by atoms with Crippen molar-refractivity contribution < 1.29 is 4.74 Å². The van der Waals surface area contributed by atoms with Gasteiger partial charge in [0.25, 0.3) is 0 Å². The summed E-state index contributed by atoms with van der Waals surface area (Å²) < 4.78 is 5.89. The standard InChI is InChI=1S/C37H72N2O/c1-6-9-11-13-14-15-16-17-18-19-20-24-29-38(33-37-28-31-39(34-37)35(4)8-3)30-25-22-23-27-36(5)40-32-26-21-12-10-7-2/h37H,4-34H2,1-3H3. The van der Waals surface area contributed by atoms with Crippen LogP contribution in [0.3, 0.4) is 0 Å². The van der Waals surface area contributed by atoms with Gasteiger partial charge >= 0.3 is 0 Å². The minimum atomic E-state index is 0.811. The molecule has 0 N–H and O–H groups in total.